The van der Waals surface area contributed by atoms with Gasteiger partial charge in [0.25, 0.3) is 0 Å². The van der Waals surface area contributed by atoms with Crippen molar-refractivity contribution in [2.75, 3.05) is 0 Å². The van der Waals surface area contributed by atoms with Gasteiger partial charge in [0.05, 0.1) is 6.26 Å². The van der Waals surface area contributed by atoms with Gasteiger partial charge in [0.15, 0.2) is 0 Å². The largest absolute Gasteiger partial charge is 0.491 e. The first-order valence-corrected chi connectivity index (χ1v) is 8.15. The summed E-state index contributed by atoms with van der Waals surface area (Å²) in [6.45, 7) is 8.65. The van der Waals surface area contributed by atoms with E-state index in [1.54, 1.807) is 0 Å². The quantitative estimate of drug-likeness (QED) is 0.225. The molecule has 0 amide bonds. The molecule has 0 aromatic carbocycles. The number of allylic oxidation sites excluding steroid dienone is 2. The Morgan fingerprint density at radius 1 is 0.947 bits per heavy atom. The van der Waals surface area contributed by atoms with Gasteiger partial charge in [-0.2, -0.15) is 0 Å². The second-order valence-electron chi connectivity index (χ2n) is 5.58. The molecule has 0 bridgehead atoms. The molecule has 0 aromatic rings. The zero-order chi connectivity index (χ0) is 14.4. The van der Waals surface area contributed by atoms with Gasteiger partial charge >= 0.3 is 0 Å². The lowest BCUT2D eigenvalue weighted by Gasteiger charge is -2.25. The zero-order valence-electron chi connectivity index (χ0n) is 13.6. The molecule has 1 unspecified atom stereocenters. The van der Waals surface area contributed by atoms with Crippen LogP contribution in [0.1, 0.15) is 85.5 Å². The second kappa shape index (κ2) is 12.3. The summed E-state index contributed by atoms with van der Waals surface area (Å²) < 4.78 is 5.89. The fraction of sp³-hybridized carbons (Fsp3) is 0.778. The Balaban J connectivity index is 3.84. The van der Waals surface area contributed by atoms with E-state index in [4.69, 9.17) is 4.74 Å². The van der Waals surface area contributed by atoms with Crippen molar-refractivity contribution in [3.63, 3.8) is 0 Å². The van der Waals surface area contributed by atoms with Crippen molar-refractivity contribution in [3.8, 4) is 0 Å². The summed E-state index contributed by atoms with van der Waals surface area (Å²) in [4.78, 5) is 0. The van der Waals surface area contributed by atoms with Crippen molar-refractivity contribution < 1.29 is 4.74 Å². The predicted molar refractivity (Wildman–Crippen MR) is 86.3 cm³/mol. The van der Waals surface area contributed by atoms with E-state index in [9.17, 15) is 0 Å². The number of hydrogen-bond donors (Lipinski definition) is 0. The lowest BCUT2D eigenvalue weighted by atomic mass is 9.96. The van der Waals surface area contributed by atoms with E-state index < -0.39 is 0 Å². The highest BCUT2D eigenvalue weighted by atomic mass is 16.5. The Morgan fingerprint density at radius 3 is 2.16 bits per heavy atom. The van der Waals surface area contributed by atoms with Crippen LogP contribution in [0, 0.1) is 0 Å². The summed E-state index contributed by atoms with van der Waals surface area (Å²) in [7, 11) is 0. The SMILES string of the molecule is CC=CC(C)(CCCCCCCCC)OC=CCC. The van der Waals surface area contributed by atoms with Crippen LogP contribution in [0.5, 0.6) is 0 Å². The topological polar surface area (TPSA) is 9.23 Å². The van der Waals surface area contributed by atoms with Crippen LogP contribution in [0.4, 0.5) is 0 Å². The first-order chi connectivity index (χ1) is 9.18. The van der Waals surface area contributed by atoms with Gasteiger partial charge in [-0.15, -0.1) is 0 Å². The van der Waals surface area contributed by atoms with Gasteiger partial charge in [-0.1, -0.05) is 64.5 Å². The zero-order valence-corrected chi connectivity index (χ0v) is 13.6. The van der Waals surface area contributed by atoms with Crippen LogP contribution in [0.15, 0.2) is 24.5 Å². The molecule has 0 saturated heterocycles. The average molecular weight is 266 g/mol. The molecule has 1 nitrogen and oxygen atoms in total. The fourth-order valence-electron chi connectivity index (χ4n) is 2.27. The van der Waals surface area contributed by atoms with Crippen LogP contribution in [0.3, 0.4) is 0 Å². The molecule has 0 spiro atoms. The van der Waals surface area contributed by atoms with E-state index in [-0.39, 0.29) is 5.60 Å². The van der Waals surface area contributed by atoms with Crippen molar-refractivity contribution in [1.29, 1.82) is 0 Å². The summed E-state index contributed by atoms with van der Waals surface area (Å²) in [6.07, 6.45) is 19.8. The Bertz CT molecular complexity index is 242. The van der Waals surface area contributed by atoms with Crippen LogP contribution in [0.2, 0.25) is 0 Å². The van der Waals surface area contributed by atoms with Crippen LogP contribution in [0.25, 0.3) is 0 Å². The second-order valence-corrected chi connectivity index (χ2v) is 5.58. The lowest BCUT2D eigenvalue weighted by molar-refractivity contribution is 0.0742. The van der Waals surface area contributed by atoms with Crippen LogP contribution >= 0.6 is 0 Å². The summed E-state index contributed by atoms with van der Waals surface area (Å²) in [5.41, 5.74) is -0.121. The van der Waals surface area contributed by atoms with Crippen LogP contribution in [-0.2, 0) is 4.74 Å². The van der Waals surface area contributed by atoms with E-state index in [0.29, 0.717) is 0 Å². The number of ether oxygens (including phenoxy) is 1. The van der Waals surface area contributed by atoms with Gasteiger partial charge < -0.3 is 4.74 Å². The number of unbranched alkanes of at least 4 members (excludes halogenated alkanes) is 6. The molecule has 0 aliphatic rings. The van der Waals surface area contributed by atoms with E-state index in [2.05, 4.69) is 45.9 Å². The molecule has 0 rings (SSSR count). The van der Waals surface area contributed by atoms with Gasteiger partial charge in [-0.3, -0.25) is 0 Å². The standard InChI is InChI=1S/C18H34O/c1-5-8-10-11-12-13-14-16-18(4,15-7-3)19-17-9-6-2/h7,9,15,17H,5-6,8,10-14,16H2,1-4H3. The predicted octanol–water partition coefficient (Wildman–Crippen LogP) is 6.40. The summed E-state index contributed by atoms with van der Waals surface area (Å²) in [6, 6.07) is 0. The highest BCUT2D eigenvalue weighted by Gasteiger charge is 2.19. The maximum absolute atomic E-state index is 5.89. The van der Waals surface area contributed by atoms with Crippen molar-refractivity contribution in [2.24, 2.45) is 0 Å². The number of hydrogen-bond acceptors (Lipinski definition) is 1. The van der Waals surface area contributed by atoms with Gasteiger partial charge in [-0.25, -0.2) is 0 Å². The third kappa shape index (κ3) is 10.9. The smallest absolute Gasteiger partial charge is 0.123 e. The Hall–Kier alpha value is -0.720. The maximum atomic E-state index is 5.89. The van der Waals surface area contributed by atoms with Crippen molar-refractivity contribution >= 4 is 0 Å². The molecule has 0 aromatic heterocycles. The molecule has 0 saturated carbocycles. The van der Waals surface area contributed by atoms with E-state index in [1.165, 1.54) is 44.9 Å². The van der Waals surface area contributed by atoms with Crippen LogP contribution in [-0.4, -0.2) is 5.60 Å². The van der Waals surface area contributed by atoms with E-state index in [1.807, 2.05) is 6.26 Å². The van der Waals surface area contributed by atoms with Gasteiger partial charge in [0, 0.05) is 0 Å². The summed E-state index contributed by atoms with van der Waals surface area (Å²) in [5, 5.41) is 0. The molecule has 0 fully saturated rings. The molecule has 1 atom stereocenters. The highest BCUT2D eigenvalue weighted by Crippen LogP contribution is 2.22. The third-order valence-corrected chi connectivity index (χ3v) is 3.47. The molecule has 0 aliphatic carbocycles. The monoisotopic (exact) mass is 266 g/mol. The molecular formula is C18H34O. The molecule has 19 heavy (non-hydrogen) atoms. The maximum Gasteiger partial charge on any atom is 0.123 e. The highest BCUT2D eigenvalue weighted by molar-refractivity contribution is 4.99. The van der Waals surface area contributed by atoms with Gasteiger partial charge in [-0.05, 0) is 39.2 Å². The van der Waals surface area contributed by atoms with Gasteiger partial charge in [0.2, 0.25) is 0 Å². The van der Waals surface area contributed by atoms with Crippen molar-refractivity contribution in [3.05, 3.63) is 24.5 Å². The van der Waals surface area contributed by atoms with E-state index >= 15 is 0 Å². The molecule has 112 valence electrons. The number of rotatable bonds is 12. The van der Waals surface area contributed by atoms with Crippen molar-refractivity contribution in [1.82, 2.24) is 0 Å². The Labute approximate surface area is 121 Å². The fourth-order valence-corrected chi connectivity index (χ4v) is 2.27. The Kier molecular flexibility index (Phi) is 11.9. The van der Waals surface area contributed by atoms with Gasteiger partial charge in [0.1, 0.15) is 5.60 Å². The molecule has 0 heterocycles. The minimum atomic E-state index is -0.121. The summed E-state index contributed by atoms with van der Waals surface area (Å²) >= 11 is 0. The summed E-state index contributed by atoms with van der Waals surface area (Å²) in [5.74, 6) is 0. The lowest BCUT2D eigenvalue weighted by Crippen LogP contribution is -2.23. The normalized spacial score (nSPS) is 15.2. The van der Waals surface area contributed by atoms with Crippen LogP contribution < -0.4 is 0 Å². The first-order valence-electron chi connectivity index (χ1n) is 8.15. The molecule has 0 aliphatic heterocycles. The molecular weight excluding hydrogens is 232 g/mol. The molecule has 1 heteroatoms. The first kappa shape index (κ1) is 18.3. The average Bonchev–Trinajstić information content (AvgIpc) is 2.38. The minimum Gasteiger partial charge on any atom is -0.491 e. The molecule has 0 N–H and O–H groups in total. The Morgan fingerprint density at radius 2 is 1.58 bits per heavy atom. The van der Waals surface area contributed by atoms with E-state index in [0.717, 1.165) is 12.8 Å². The third-order valence-electron chi connectivity index (χ3n) is 3.47. The van der Waals surface area contributed by atoms with Crippen molar-refractivity contribution in [2.45, 2.75) is 91.1 Å². The molecule has 0 radical (unpaired) electrons. The minimum absolute atomic E-state index is 0.121.